The predicted octanol–water partition coefficient (Wildman–Crippen LogP) is 4.32. The Hall–Kier alpha value is -3.97. The van der Waals surface area contributed by atoms with Gasteiger partial charge in [-0.25, -0.2) is 19.1 Å². The molecule has 1 N–H and O–H groups in total. The van der Waals surface area contributed by atoms with Crippen LogP contribution in [0.15, 0.2) is 59.7 Å². The van der Waals surface area contributed by atoms with E-state index in [2.05, 4.69) is 15.2 Å². The van der Waals surface area contributed by atoms with E-state index in [1.807, 2.05) is 18.7 Å². The highest BCUT2D eigenvalue weighted by molar-refractivity contribution is 6.30. The molecule has 14 heteroatoms. The van der Waals surface area contributed by atoms with Crippen LogP contribution >= 0.6 is 11.6 Å². The Morgan fingerprint density at radius 1 is 1.07 bits per heavy atom. The molecule has 0 spiro atoms. The molecule has 1 aliphatic heterocycles. The maximum Gasteiger partial charge on any atom is 0.416 e. The Morgan fingerprint density at radius 2 is 1.74 bits per heavy atom. The zero-order valence-electron chi connectivity index (χ0n) is 22.9. The van der Waals surface area contributed by atoms with E-state index < -0.39 is 24.5 Å². The van der Waals surface area contributed by atoms with E-state index in [1.54, 1.807) is 24.3 Å². The standard InChI is InChI=1S/C28H29ClF3N7O3/c1-17-6-5-7-18(2)39(17)26(41)21-8-3-4-9-22(21)38-16-33-24(34-38)15-37-27(42)36(14-23(40)28(30,31)32)25(35-37)19-10-12-20(29)13-11-19/h3-4,8-13,16-18,23,40H,5-7,14-15H2,1-2H3/t17?,18?,23-/m0/s1. The average molecular weight is 604 g/mol. The number of alkyl halides is 3. The number of carbonyl (C=O) groups is 1. The Bertz CT molecular complexity index is 1620. The van der Waals surface area contributed by atoms with Crippen LogP contribution < -0.4 is 5.69 Å². The van der Waals surface area contributed by atoms with Crippen molar-refractivity contribution in [2.24, 2.45) is 0 Å². The van der Waals surface area contributed by atoms with Crippen LogP contribution in [0.5, 0.6) is 0 Å². The summed E-state index contributed by atoms with van der Waals surface area (Å²) in [6.45, 7) is 2.75. The quantitative estimate of drug-likeness (QED) is 0.337. The highest BCUT2D eigenvalue weighted by Crippen LogP contribution is 2.27. The second-order valence-corrected chi connectivity index (χ2v) is 10.8. The van der Waals surface area contributed by atoms with Gasteiger partial charge in [-0.15, -0.1) is 10.2 Å². The lowest BCUT2D eigenvalue weighted by Gasteiger charge is -2.39. The fourth-order valence-electron chi connectivity index (χ4n) is 5.23. The number of nitrogens with zero attached hydrogens (tertiary/aromatic N) is 7. The van der Waals surface area contributed by atoms with Crippen LogP contribution in [0, 0.1) is 0 Å². The maximum absolute atomic E-state index is 13.6. The minimum absolute atomic E-state index is 0.0832. The summed E-state index contributed by atoms with van der Waals surface area (Å²) in [4.78, 5) is 33.0. The lowest BCUT2D eigenvalue weighted by Crippen LogP contribution is -2.47. The molecule has 0 bridgehead atoms. The summed E-state index contributed by atoms with van der Waals surface area (Å²) in [5.41, 5.74) is 0.390. The van der Waals surface area contributed by atoms with Crippen molar-refractivity contribution in [3.8, 4) is 17.1 Å². The molecule has 0 saturated carbocycles. The smallest absolute Gasteiger partial charge is 0.382 e. The van der Waals surface area contributed by atoms with E-state index in [1.165, 1.54) is 35.3 Å². The van der Waals surface area contributed by atoms with E-state index in [0.717, 1.165) is 28.5 Å². The second-order valence-electron chi connectivity index (χ2n) is 10.4. The average Bonchev–Trinajstić information content (AvgIpc) is 3.53. The van der Waals surface area contributed by atoms with Gasteiger partial charge in [0, 0.05) is 22.7 Å². The van der Waals surface area contributed by atoms with Crippen molar-refractivity contribution in [3.05, 3.63) is 81.8 Å². The van der Waals surface area contributed by atoms with Gasteiger partial charge in [-0.3, -0.25) is 9.36 Å². The van der Waals surface area contributed by atoms with Gasteiger partial charge < -0.3 is 10.0 Å². The molecule has 1 aliphatic rings. The number of carbonyl (C=O) groups excluding carboxylic acids is 1. The fraction of sp³-hybridized carbons (Fsp3) is 0.393. The van der Waals surface area contributed by atoms with Crippen molar-refractivity contribution in [1.82, 2.24) is 34.0 Å². The van der Waals surface area contributed by atoms with E-state index in [-0.39, 0.29) is 36.2 Å². The van der Waals surface area contributed by atoms with Crippen molar-refractivity contribution < 1.29 is 23.1 Å². The summed E-state index contributed by atoms with van der Waals surface area (Å²) < 4.78 is 42.6. The van der Waals surface area contributed by atoms with Crippen LogP contribution in [0.25, 0.3) is 17.1 Å². The van der Waals surface area contributed by atoms with Crippen molar-refractivity contribution >= 4 is 17.5 Å². The third-order valence-electron chi connectivity index (χ3n) is 7.40. The molecule has 2 unspecified atom stereocenters. The lowest BCUT2D eigenvalue weighted by molar-refractivity contribution is -0.207. The molecule has 3 heterocycles. The minimum atomic E-state index is -4.94. The first-order chi connectivity index (χ1) is 19.9. The van der Waals surface area contributed by atoms with Gasteiger partial charge in [-0.2, -0.15) is 13.2 Å². The first-order valence-electron chi connectivity index (χ1n) is 13.4. The molecule has 0 radical (unpaired) electrons. The van der Waals surface area contributed by atoms with Gasteiger partial charge in [-0.1, -0.05) is 23.7 Å². The van der Waals surface area contributed by atoms with E-state index in [4.69, 9.17) is 11.6 Å². The van der Waals surface area contributed by atoms with Gasteiger partial charge in [0.15, 0.2) is 17.8 Å². The zero-order valence-corrected chi connectivity index (χ0v) is 23.6. The van der Waals surface area contributed by atoms with E-state index in [0.29, 0.717) is 21.8 Å². The number of aliphatic hydroxyl groups is 1. The number of hydrogen-bond donors (Lipinski definition) is 1. The molecule has 5 rings (SSSR count). The van der Waals surface area contributed by atoms with Gasteiger partial charge in [0.25, 0.3) is 5.91 Å². The van der Waals surface area contributed by atoms with Crippen LogP contribution in [-0.4, -0.2) is 69.4 Å². The van der Waals surface area contributed by atoms with Crippen molar-refractivity contribution in [2.45, 2.75) is 70.6 Å². The molecule has 0 aliphatic carbocycles. The number of benzene rings is 2. The van der Waals surface area contributed by atoms with Crippen LogP contribution in [0.3, 0.4) is 0 Å². The molecule has 2 aromatic carbocycles. The summed E-state index contributed by atoms with van der Waals surface area (Å²) in [5.74, 6) is -0.0593. The van der Waals surface area contributed by atoms with E-state index in [9.17, 15) is 27.9 Å². The number of para-hydroxylation sites is 1. The first-order valence-corrected chi connectivity index (χ1v) is 13.8. The Labute approximate surface area is 244 Å². The van der Waals surface area contributed by atoms with Crippen molar-refractivity contribution in [3.63, 3.8) is 0 Å². The third-order valence-corrected chi connectivity index (χ3v) is 7.65. The highest BCUT2D eigenvalue weighted by atomic mass is 35.5. The Morgan fingerprint density at radius 3 is 2.40 bits per heavy atom. The summed E-state index contributed by atoms with van der Waals surface area (Å²) in [6.07, 6.45) is -3.41. The number of hydrogen-bond acceptors (Lipinski definition) is 6. The third kappa shape index (κ3) is 5.97. The summed E-state index contributed by atoms with van der Waals surface area (Å²) >= 11 is 5.94. The Balaban J connectivity index is 1.46. The number of piperidine rings is 1. The second kappa shape index (κ2) is 11.7. The highest BCUT2D eigenvalue weighted by Gasteiger charge is 2.39. The van der Waals surface area contributed by atoms with E-state index >= 15 is 0 Å². The fourth-order valence-corrected chi connectivity index (χ4v) is 5.36. The Kier molecular flexibility index (Phi) is 8.24. The number of aliphatic hydroxyl groups excluding tert-OH is 1. The molecule has 3 atom stereocenters. The number of amides is 1. The first kappa shape index (κ1) is 29.5. The molecule has 2 aromatic heterocycles. The summed E-state index contributed by atoms with van der Waals surface area (Å²) in [6, 6.07) is 13.2. The minimum Gasteiger partial charge on any atom is -0.382 e. The number of likely N-dealkylation sites (tertiary alicyclic amines) is 1. The van der Waals surface area contributed by atoms with Crippen LogP contribution in [0.1, 0.15) is 49.3 Å². The molecule has 1 fully saturated rings. The van der Waals surface area contributed by atoms with Crippen molar-refractivity contribution in [1.29, 1.82) is 0 Å². The SMILES string of the molecule is CC1CCCC(C)N1C(=O)c1ccccc1-n1cnc(Cn2nc(-c3ccc(Cl)cc3)n(C[C@H](O)C(F)(F)F)c2=O)n1. The molecule has 10 nitrogen and oxygen atoms in total. The molecule has 1 saturated heterocycles. The number of rotatable bonds is 7. The summed E-state index contributed by atoms with van der Waals surface area (Å²) in [7, 11) is 0. The molecule has 4 aromatic rings. The lowest BCUT2D eigenvalue weighted by atomic mass is 9.96. The van der Waals surface area contributed by atoms with Gasteiger partial charge in [0.05, 0.1) is 17.8 Å². The maximum atomic E-state index is 13.6. The van der Waals surface area contributed by atoms with Crippen LogP contribution in [0.4, 0.5) is 13.2 Å². The number of halogens is 4. The molecule has 1 amide bonds. The van der Waals surface area contributed by atoms with Gasteiger partial charge >= 0.3 is 11.9 Å². The van der Waals surface area contributed by atoms with Gasteiger partial charge in [-0.05, 0) is 69.5 Å². The molecule has 222 valence electrons. The monoisotopic (exact) mass is 603 g/mol. The normalized spacial score (nSPS) is 18.3. The van der Waals surface area contributed by atoms with Crippen LogP contribution in [0.2, 0.25) is 5.02 Å². The topological polar surface area (TPSA) is 111 Å². The van der Waals surface area contributed by atoms with Gasteiger partial charge in [0.2, 0.25) is 0 Å². The largest absolute Gasteiger partial charge is 0.416 e. The van der Waals surface area contributed by atoms with Crippen molar-refractivity contribution in [2.75, 3.05) is 0 Å². The van der Waals surface area contributed by atoms with Gasteiger partial charge in [0.1, 0.15) is 12.9 Å². The number of aromatic nitrogens is 6. The summed E-state index contributed by atoms with van der Waals surface area (Å²) in [5, 5.41) is 18.8. The van der Waals surface area contributed by atoms with Crippen LogP contribution in [-0.2, 0) is 13.1 Å². The molecular weight excluding hydrogens is 575 g/mol. The molecular formula is C28H29ClF3N7O3. The molecule has 42 heavy (non-hydrogen) atoms. The predicted molar refractivity (Wildman–Crippen MR) is 148 cm³/mol. The zero-order chi connectivity index (χ0) is 30.2.